The van der Waals surface area contributed by atoms with Gasteiger partial charge in [-0.1, -0.05) is 183 Å². The first-order valence-electron chi connectivity index (χ1n) is 25.8. The number of rotatable bonds is 14. The normalized spacial score (nSPS) is 13.3. The van der Waals surface area contributed by atoms with Gasteiger partial charge in [-0.25, -0.2) is 0 Å². The SMILES string of the molecule is C=C[Si](Oc1ccc(C2(c3ccc(Oc4ccc(N)cc4)cc3)c3ccccc3-c3ccccc32)cc1)(Oc1ccc(C2(c3ccc(Oc4ccc(N)cc4)cc3)c3ccccc3-c3ccccc32)cc1)c1ccccc1. The van der Waals surface area contributed by atoms with E-state index in [9.17, 15) is 0 Å². The van der Waals surface area contributed by atoms with Crippen LogP contribution in [-0.4, -0.2) is 8.56 Å². The largest absolute Gasteiger partial charge is 0.523 e. The fourth-order valence-electron chi connectivity index (χ4n) is 11.8. The molecule has 0 heterocycles. The molecule has 370 valence electrons. The van der Waals surface area contributed by atoms with Gasteiger partial charge in [-0.15, -0.1) is 0 Å². The number of anilines is 2. The number of hydrogen-bond acceptors (Lipinski definition) is 6. The van der Waals surface area contributed by atoms with Crippen molar-refractivity contribution >= 4 is 25.1 Å². The Morgan fingerprint density at radius 1 is 0.299 bits per heavy atom. The molecule has 11 aromatic carbocycles. The Balaban J connectivity index is 0.859. The van der Waals surface area contributed by atoms with Crippen LogP contribution in [0.2, 0.25) is 0 Å². The Bertz CT molecular complexity index is 3610. The van der Waals surface area contributed by atoms with E-state index in [2.05, 4.69) is 189 Å². The minimum absolute atomic E-state index is 0.638. The predicted octanol–water partition coefficient (Wildman–Crippen LogP) is 15.7. The minimum atomic E-state index is -3.48. The summed E-state index contributed by atoms with van der Waals surface area (Å²) in [4.78, 5) is 0. The molecule has 77 heavy (non-hydrogen) atoms. The van der Waals surface area contributed by atoms with Crippen LogP contribution in [0.15, 0.2) is 285 Å². The molecule has 13 rings (SSSR count). The molecule has 4 N–H and O–H groups in total. The molecule has 0 bridgehead atoms. The van der Waals surface area contributed by atoms with Crippen LogP contribution in [0, 0.1) is 0 Å². The molecule has 6 nitrogen and oxygen atoms in total. The molecular weight excluding hydrogens is 961 g/mol. The van der Waals surface area contributed by atoms with E-state index in [4.69, 9.17) is 29.8 Å². The Hall–Kier alpha value is -9.82. The number of fused-ring (bicyclic) bond motifs is 6. The third kappa shape index (κ3) is 7.95. The molecule has 0 unspecified atom stereocenters. The molecule has 11 aromatic rings. The van der Waals surface area contributed by atoms with E-state index in [1.54, 1.807) is 0 Å². The molecule has 2 aliphatic carbocycles. The lowest BCUT2D eigenvalue weighted by Gasteiger charge is -2.35. The molecule has 0 fully saturated rings. The second-order valence-corrected chi connectivity index (χ2v) is 22.3. The van der Waals surface area contributed by atoms with Gasteiger partial charge in [0.1, 0.15) is 34.5 Å². The maximum atomic E-state index is 7.24. The van der Waals surface area contributed by atoms with E-state index in [1.807, 2.05) is 96.7 Å². The van der Waals surface area contributed by atoms with Crippen LogP contribution in [-0.2, 0) is 10.8 Å². The van der Waals surface area contributed by atoms with E-state index in [0.29, 0.717) is 22.9 Å². The average Bonchev–Trinajstić information content (AvgIpc) is 3.96. The molecule has 0 amide bonds. The van der Waals surface area contributed by atoms with Crippen LogP contribution in [0.1, 0.15) is 44.5 Å². The highest BCUT2D eigenvalue weighted by atomic mass is 28.4. The molecule has 2 aliphatic rings. The summed E-state index contributed by atoms with van der Waals surface area (Å²) < 4.78 is 27.1. The zero-order valence-electron chi connectivity index (χ0n) is 42.1. The first kappa shape index (κ1) is 46.9. The summed E-state index contributed by atoms with van der Waals surface area (Å²) in [6.07, 6.45) is 0. The number of hydrogen-bond donors (Lipinski definition) is 2. The van der Waals surface area contributed by atoms with Gasteiger partial charge in [-0.05, 0) is 170 Å². The number of nitrogens with two attached hydrogens (primary N) is 2. The topological polar surface area (TPSA) is 89.0 Å². The lowest BCUT2D eigenvalue weighted by atomic mass is 9.68. The highest BCUT2D eigenvalue weighted by molar-refractivity contribution is 6.86. The van der Waals surface area contributed by atoms with Crippen LogP contribution in [0.25, 0.3) is 22.3 Å². The van der Waals surface area contributed by atoms with Gasteiger partial charge >= 0.3 is 8.56 Å². The molecule has 0 atom stereocenters. The zero-order chi connectivity index (χ0) is 52.0. The van der Waals surface area contributed by atoms with Gasteiger partial charge in [0.25, 0.3) is 0 Å². The van der Waals surface area contributed by atoms with Gasteiger partial charge in [0.05, 0.1) is 10.8 Å². The summed E-state index contributed by atoms with van der Waals surface area (Å²) in [5.41, 5.74) is 28.0. The summed E-state index contributed by atoms with van der Waals surface area (Å²) in [6.45, 7) is 4.42. The summed E-state index contributed by atoms with van der Waals surface area (Å²) in [5.74, 6) is 4.26. The van der Waals surface area contributed by atoms with Gasteiger partial charge in [0.15, 0.2) is 0 Å². The first-order valence-corrected chi connectivity index (χ1v) is 27.7. The molecule has 7 heteroatoms. The molecule has 0 aliphatic heterocycles. The van der Waals surface area contributed by atoms with E-state index >= 15 is 0 Å². The van der Waals surface area contributed by atoms with Crippen LogP contribution in [0.4, 0.5) is 11.4 Å². The number of benzene rings is 11. The van der Waals surface area contributed by atoms with Gasteiger partial charge in [-0.3, -0.25) is 0 Å². The summed E-state index contributed by atoms with van der Waals surface area (Å²) in [7, 11) is -3.48. The van der Waals surface area contributed by atoms with Crippen molar-refractivity contribution in [2.45, 2.75) is 10.8 Å². The van der Waals surface area contributed by atoms with Crippen LogP contribution >= 0.6 is 0 Å². The molecule has 0 radical (unpaired) electrons. The monoisotopic (exact) mass is 1010 g/mol. The van der Waals surface area contributed by atoms with Gasteiger partial charge in [0, 0.05) is 16.6 Å². The molecule has 0 aromatic heterocycles. The quantitative estimate of drug-likeness (QED) is 0.0833. The van der Waals surface area contributed by atoms with Crippen molar-refractivity contribution in [1.82, 2.24) is 0 Å². The minimum Gasteiger partial charge on any atom is -0.506 e. The average molecular weight is 1010 g/mol. The van der Waals surface area contributed by atoms with E-state index in [0.717, 1.165) is 50.4 Å². The zero-order valence-corrected chi connectivity index (χ0v) is 43.1. The Morgan fingerprint density at radius 2 is 0.558 bits per heavy atom. The summed E-state index contributed by atoms with van der Waals surface area (Å²) in [5, 5.41) is 0.927. The fraction of sp³-hybridized carbons (Fsp3) is 0.0286. The predicted molar refractivity (Wildman–Crippen MR) is 313 cm³/mol. The van der Waals surface area contributed by atoms with Gasteiger partial charge < -0.3 is 29.8 Å². The Labute approximate surface area is 450 Å². The highest BCUT2D eigenvalue weighted by Crippen LogP contribution is 2.58. The highest BCUT2D eigenvalue weighted by Gasteiger charge is 2.48. The van der Waals surface area contributed by atoms with Crippen LogP contribution in [0.5, 0.6) is 34.5 Å². The molecule has 0 saturated carbocycles. The Kier molecular flexibility index (Phi) is 11.7. The first-order chi connectivity index (χ1) is 37.9. The third-order valence-corrected chi connectivity index (χ3v) is 18.0. The fourth-order valence-corrected chi connectivity index (χ4v) is 14.2. The van der Waals surface area contributed by atoms with E-state index in [-0.39, 0.29) is 0 Å². The lowest BCUT2D eigenvalue weighted by Crippen LogP contribution is -2.58. The second kappa shape index (κ2) is 19.1. The molecule has 0 spiro atoms. The molecular formula is C70H52N2O4Si. The molecule has 0 saturated heterocycles. The van der Waals surface area contributed by atoms with Crippen molar-refractivity contribution in [3.63, 3.8) is 0 Å². The van der Waals surface area contributed by atoms with Crippen LogP contribution in [0.3, 0.4) is 0 Å². The summed E-state index contributed by atoms with van der Waals surface area (Å²) in [6, 6.07) is 94.0. The maximum absolute atomic E-state index is 7.24. The number of ether oxygens (including phenoxy) is 2. The second-order valence-electron chi connectivity index (χ2n) is 19.6. The summed E-state index contributed by atoms with van der Waals surface area (Å²) >= 11 is 0. The number of nitrogen functional groups attached to an aromatic ring is 2. The Morgan fingerprint density at radius 3 is 0.857 bits per heavy atom. The van der Waals surface area contributed by atoms with Crippen molar-refractivity contribution in [1.29, 1.82) is 0 Å². The van der Waals surface area contributed by atoms with E-state index in [1.165, 1.54) is 44.5 Å². The standard InChI is InChI=1S/C70H52N2O4Si/c1-2-77(60-14-4-3-5-15-60,75-58-40-28-50(29-41-58)69(65-20-10-6-16-61(65)62-17-7-11-21-66(62)69)48-24-36-54(37-25-48)73-56-44-32-52(71)33-45-56)76-59-42-30-51(31-43-59)70(67-22-12-8-18-63(67)64-19-9-13-23-68(64)70)49-26-38-55(39-27-49)74-57-46-34-53(72)35-47-57/h2-47H,1,71-72H2. The lowest BCUT2D eigenvalue weighted by molar-refractivity contribution is 0.415. The van der Waals surface area contributed by atoms with Crippen molar-refractivity contribution < 1.29 is 18.3 Å². The van der Waals surface area contributed by atoms with Gasteiger partial charge in [0.2, 0.25) is 0 Å². The van der Waals surface area contributed by atoms with Crippen LogP contribution < -0.4 is 35.0 Å². The smallest absolute Gasteiger partial charge is 0.506 e. The van der Waals surface area contributed by atoms with Crippen molar-refractivity contribution in [2.24, 2.45) is 0 Å². The third-order valence-electron chi connectivity index (χ3n) is 15.3. The van der Waals surface area contributed by atoms with Crippen molar-refractivity contribution in [3.05, 3.63) is 330 Å². The maximum Gasteiger partial charge on any atom is 0.523 e. The van der Waals surface area contributed by atoms with E-state index < -0.39 is 19.4 Å². The van der Waals surface area contributed by atoms with Gasteiger partial charge in [-0.2, -0.15) is 0 Å². The van der Waals surface area contributed by atoms with Crippen molar-refractivity contribution in [2.75, 3.05) is 11.5 Å². The van der Waals surface area contributed by atoms with Crippen molar-refractivity contribution in [3.8, 4) is 56.8 Å².